The van der Waals surface area contributed by atoms with Crippen molar-refractivity contribution in [3.05, 3.63) is 35.4 Å². The van der Waals surface area contributed by atoms with Crippen LogP contribution in [0.5, 0.6) is 0 Å². The molecule has 0 aliphatic carbocycles. The molecule has 6 heteroatoms. The van der Waals surface area contributed by atoms with Crippen molar-refractivity contribution in [1.82, 2.24) is 0 Å². The molecular formula is C10H9F3O3. The lowest BCUT2D eigenvalue weighted by Gasteiger charge is -2.24. The van der Waals surface area contributed by atoms with Crippen molar-refractivity contribution < 1.29 is 28.2 Å². The Labute approximate surface area is 89.1 Å². The first-order valence-electron chi connectivity index (χ1n) is 4.29. The normalized spacial score (nSPS) is 12.6. The van der Waals surface area contributed by atoms with Gasteiger partial charge in [-0.2, -0.15) is 13.2 Å². The lowest BCUT2D eigenvalue weighted by atomic mass is 10.0. The van der Waals surface area contributed by atoms with E-state index in [0.717, 1.165) is 24.3 Å². The topological polar surface area (TPSA) is 57.5 Å². The maximum Gasteiger partial charge on any atom is 0.447 e. The van der Waals surface area contributed by atoms with Crippen LogP contribution in [0.4, 0.5) is 13.2 Å². The van der Waals surface area contributed by atoms with E-state index in [1.807, 2.05) is 0 Å². The van der Waals surface area contributed by atoms with Gasteiger partial charge in [-0.15, -0.1) is 0 Å². The van der Waals surface area contributed by atoms with E-state index < -0.39 is 17.5 Å². The first-order valence-corrected chi connectivity index (χ1v) is 4.29. The highest BCUT2D eigenvalue weighted by atomic mass is 19.4. The van der Waals surface area contributed by atoms with Crippen molar-refractivity contribution in [1.29, 1.82) is 0 Å². The predicted octanol–water partition coefficient (Wildman–Crippen LogP) is 1.59. The summed E-state index contributed by atoms with van der Waals surface area (Å²) in [5.74, 6) is -4.22. The Bertz CT molecular complexity index is 393. The fraction of sp³-hybridized carbons (Fsp3) is 0.300. The van der Waals surface area contributed by atoms with E-state index in [-0.39, 0.29) is 11.3 Å². The molecule has 0 saturated carbocycles. The summed E-state index contributed by atoms with van der Waals surface area (Å²) in [6.07, 6.45) is -5.19. The molecule has 0 aromatic heterocycles. The number of rotatable bonds is 2. The monoisotopic (exact) mass is 234 g/mol. The summed E-state index contributed by atoms with van der Waals surface area (Å²) in [7, 11) is 0. The number of hydrogen-bond acceptors (Lipinski definition) is 3. The van der Waals surface area contributed by atoms with Gasteiger partial charge in [0.15, 0.2) is 5.78 Å². The molecule has 0 amide bonds. The fourth-order valence-corrected chi connectivity index (χ4v) is 1.10. The summed E-state index contributed by atoms with van der Waals surface area (Å²) in [5, 5.41) is 17.8. The minimum absolute atomic E-state index is 0.196. The lowest BCUT2D eigenvalue weighted by Crippen LogP contribution is -2.41. The van der Waals surface area contributed by atoms with Crippen LogP contribution in [0.2, 0.25) is 0 Å². The van der Waals surface area contributed by atoms with Gasteiger partial charge in [-0.05, 0) is 6.92 Å². The molecule has 0 heterocycles. The van der Waals surface area contributed by atoms with Crippen LogP contribution < -0.4 is 0 Å². The average Bonchev–Trinajstić information content (AvgIpc) is 2.16. The molecule has 0 saturated heterocycles. The number of ketones is 1. The Balaban J connectivity index is 3.11. The molecule has 0 atom stereocenters. The molecular weight excluding hydrogens is 225 g/mol. The van der Waals surface area contributed by atoms with Crippen molar-refractivity contribution in [2.75, 3.05) is 0 Å². The fourth-order valence-electron chi connectivity index (χ4n) is 1.10. The largest absolute Gasteiger partial charge is 0.447 e. The van der Waals surface area contributed by atoms with E-state index in [1.54, 1.807) is 0 Å². The van der Waals surface area contributed by atoms with Gasteiger partial charge in [-0.25, -0.2) is 0 Å². The second-order valence-corrected chi connectivity index (χ2v) is 3.30. The van der Waals surface area contributed by atoms with Crippen LogP contribution in [0.25, 0.3) is 0 Å². The summed E-state index contributed by atoms with van der Waals surface area (Å²) in [4.78, 5) is 10.9. The first-order chi connectivity index (χ1) is 7.16. The predicted molar refractivity (Wildman–Crippen MR) is 48.6 cm³/mol. The molecule has 0 aliphatic rings. The molecule has 0 spiro atoms. The Morgan fingerprint density at radius 2 is 1.56 bits per heavy atom. The zero-order valence-electron chi connectivity index (χ0n) is 8.25. The minimum Gasteiger partial charge on any atom is -0.355 e. The Morgan fingerprint density at radius 3 is 1.88 bits per heavy atom. The van der Waals surface area contributed by atoms with Crippen LogP contribution in [-0.2, 0) is 5.79 Å². The third kappa shape index (κ3) is 2.23. The van der Waals surface area contributed by atoms with Gasteiger partial charge in [0.25, 0.3) is 5.79 Å². The highest BCUT2D eigenvalue weighted by Crippen LogP contribution is 2.36. The van der Waals surface area contributed by atoms with Crippen LogP contribution in [-0.4, -0.2) is 22.2 Å². The van der Waals surface area contributed by atoms with Crippen LogP contribution >= 0.6 is 0 Å². The number of alkyl halides is 3. The van der Waals surface area contributed by atoms with Crippen LogP contribution in [0.1, 0.15) is 22.8 Å². The van der Waals surface area contributed by atoms with E-state index in [4.69, 9.17) is 10.2 Å². The molecule has 0 unspecified atom stereocenters. The van der Waals surface area contributed by atoms with Gasteiger partial charge in [-0.3, -0.25) is 4.79 Å². The third-order valence-corrected chi connectivity index (χ3v) is 2.09. The second-order valence-electron chi connectivity index (χ2n) is 3.30. The molecule has 2 N–H and O–H groups in total. The number of carbonyl (C=O) groups is 1. The Kier molecular flexibility index (Phi) is 3.07. The van der Waals surface area contributed by atoms with E-state index in [9.17, 15) is 18.0 Å². The quantitative estimate of drug-likeness (QED) is 0.603. The molecule has 0 aliphatic heterocycles. The standard InChI is InChI=1S/C10H9F3O3/c1-6(14)7-2-4-8(5-3-7)9(15,16)10(11,12)13/h2-5,15-16H,1H3. The van der Waals surface area contributed by atoms with Gasteiger partial charge in [-0.1, -0.05) is 24.3 Å². The molecule has 16 heavy (non-hydrogen) atoms. The van der Waals surface area contributed by atoms with Crippen molar-refractivity contribution in [2.45, 2.75) is 18.9 Å². The van der Waals surface area contributed by atoms with Gasteiger partial charge < -0.3 is 10.2 Å². The SMILES string of the molecule is CC(=O)c1ccc(C(O)(O)C(F)(F)F)cc1. The third-order valence-electron chi connectivity index (χ3n) is 2.09. The lowest BCUT2D eigenvalue weighted by molar-refractivity contribution is -0.358. The van der Waals surface area contributed by atoms with Crippen molar-refractivity contribution >= 4 is 5.78 Å². The zero-order valence-corrected chi connectivity index (χ0v) is 8.25. The number of benzene rings is 1. The second kappa shape index (κ2) is 3.88. The average molecular weight is 234 g/mol. The van der Waals surface area contributed by atoms with Crippen molar-refractivity contribution in [3.63, 3.8) is 0 Å². The van der Waals surface area contributed by atoms with Gasteiger partial charge >= 0.3 is 6.18 Å². The molecule has 0 fully saturated rings. The number of carbonyl (C=O) groups excluding carboxylic acids is 1. The van der Waals surface area contributed by atoms with Gasteiger partial charge in [0.1, 0.15) is 0 Å². The van der Waals surface area contributed by atoms with Crippen molar-refractivity contribution in [2.24, 2.45) is 0 Å². The number of Topliss-reactive ketones (excluding diaryl/α,β-unsaturated/α-hetero) is 1. The molecule has 3 nitrogen and oxygen atoms in total. The summed E-state index contributed by atoms with van der Waals surface area (Å²) in [5.41, 5.74) is -0.535. The van der Waals surface area contributed by atoms with Gasteiger partial charge in [0.2, 0.25) is 0 Å². The summed E-state index contributed by atoms with van der Waals surface area (Å²) >= 11 is 0. The van der Waals surface area contributed by atoms with E-state index in [1.165, 1.54) is 6.92 Å². The Hall–Kier alpha value is -1.40. The van der Waals surface area contributed by atoms with Crippen LogP contribution in [0, 0.1) is 0 Å². The molecule has 88 valence electrons. The maximum absolute atomic E-state index is 12.2. The van der Waals surface area contributed by atoms with E-state index in [0.29, 0.717) is 0 Å². The molecule has 0 radical (unpaired) electrons. The first kappa shape index (κ1) is 12.7. The van der Waals surface area contributed by atoms with E-state index in [2.05, 4.69) is 0 Å². The number of aliphatic hydroxyl groups is 2. The highest BCUT2D eigenvalue weighted by molar-refractivity contribution is 5.94. The molecule has 1 aromatic carbocycles. The Morgan fingerprint density at radius 1 is 1.12 bits per heavy atom. The molecule has 1 rings (SSSR count). The maximum atomic E-state index is 12.2. The minimum atomic E-state index is -5.19. The van der Waals surface area contributed by atoms with Crippen molar-refractivity contribution in [3.8, 4) is 0 Å². The summed E-state index contributed by atoms with van der Waals surface area (Å²) < 4.78 is 36.6. The van der Waals surface area contributed by atoms with Crippen LogP contribution in [0.15, 0.2) is 24.3 Å². The van der Waals surface area contributed by atoms with E-state index >= 15 is 0 Å². The highest BCUT2D eigenvalue weighted by Gasteiger charge is 2.54. The summed E-state index contributed by atoms with van der Waals surface area (Å²) in [6, 6.07) is 3.91. The molecule has 0 bridgehead atoms. The number of hydrogen-bond donors (Lipinski definition) is 2. The van der Waals surface area contributed by atoms with Gasteiger partial charge in [0.05, 0.1) is 0 Å². The smallest absolute Gasteiger partial charge is 0.355 e. The summed E-state index contributed by atoms with van der Waals surface area (Å²) in [6.45, 7) is 1.25. The van der Waals surface area contributed by atoms with Crippen LogP contribution in [0.3, 0.4) is 0 Å². The molecule has 1 aromatic rings. The number of halogens is 3. The van der Waals surface area contributed by atoms with Gasteiger partial charge in [0, 0.05) is 11.1 Å². The zero-order chi connectivity index (χ0) is 12.6.